The summed E-state index contributed by atoms with van der Waals surface area (Å²) in [5.74, 6) is -1.05. The highest BCUT2D eigenvalue weighted by Crippen LogP contribution is 1.90. The minimum absolute atomic E-state index is 0.247. The van der Waals surface area contributed by atoms with Crippen LogP contribution in [0.1, 0.15) is 6.42 Å². The molecule has 0 radical (unpaired) electrons. The van der Waals surface area contributed by atoms with Crippen molar-refractivity contribution in [3.8, 4) is 0 Å². The molecule has 4 N–H and O–H groups in total. The fourth-order valence-electron chi connectivity index (χ4n) is 1.03. The molecular weight excluding hydrogens is 214 g/mol. The average Bonchev–Trinajstić information content (AvgIpc) is 2.23. The average molecular weight is 233 g/mol. The van der Waals surface area contributed by atoms with Crippen molar-refractivity contribution >= 4 is 12.0 Å². The third-order valence-electron chi connectivity index (χ3n) is 1.84. The van der Waals surface area contributed by atoms with Crippen LogP contribution in [-0.2, 0) is 9.53 Å². The van der Waals surface area contributed by atoms with Gasteiger partial charge in [0.2, 0.25) is 0 Å². The highest BCUT2D eigenvalue weighted by molar-refractivity contribution is 5.80. The van der Waals surface area contributed by atoms with Crippen molar-refractivity contribution in [2.45, 2.75) is 6.42 Å². The number of urea groups is 1. The Morgan fingerprint density at radius 1 is 1.50 bits per heavy atom. The Bertz CT molecular complexity index is 223. The summed E-state index contributed by atoms with van der Waals surface area (Å²) >= 11 is 0. The van der Waals surface area contributed by atoms with Crippen LogP contribution in [0.3, 0.4) is 0 Å². The van der Waals surface area contributed by atoms with Crippen LogP contribution in [0.2, 0.25) is 0 Å². The van der Waals surface area contributed by atoms with Crippen LogP contribution in [0.15, 0.2) is 0 Å². The van der Waals surface area contributed by atoms with E-state index in [0.29, 0.717) is 26.1 Å². The van der Waals surface area contributed by atoms with Gasteiger partial charge in [-0.15, -0.1) is 0 Å². The topological polar surface area (TPSA) is 105 Å². The number of hydrogen-bond donors (Lipinski definition) is 3. The van der Waals surface area contributed by atoms with Gasteiger partial charge in [0.15, 0.2) is 0 Å². The number of carbonyl (C=O) groups is 2. The molecule has 2 amide bonds. The number of carboxylic acids is 1. The van der Waals surface area contributed by atoms with E-state index in [1.54, 1.807) is 0 Å². The molecule has 0 aliphatic heterocycles. The number of rotatable bonds is 8. The fourth-order valence-corrected chi connectivity index (χ4v) is 1.03. The van der Waals surface area contributed by atoms with Crippen molar-refractivity contribution in [1.82, 2.24) is 10.2 Å². The van der Waals surface area contributed by atoms with Crippen LogP contribution in [0.4, 0.5) is 4.79 Å². The van der Waals surface area contributed by atoms with Crippen molar-refractivity contribution < 1.29 is 19.4 Å². The number of carboxylic acid groups (broad SMARTS) is 1. The van der Waals surface area contributed by atoms with Gasteiger partial charge in [0.05, 0.1) is 6.61 Å². The van der Waals surface area contributed by atoms with Crippen molar-refractivity contribution in [3.63, 3.8) is 0 Å². The lowest BCUT2D eigenvalue weighted by Gasteiger charge is -2.20. The molecule has 0 unspecified atom stereocenters. The van der Waals surface area contributed by atoms with E-state index in [-0.39, 0.29) is 13.1 Å². The monoisotopic (exact) mass is 233 g/mol. The van der Waals surface area contributed by atoms with E-state index in [4.69, 9.17) is 15.6 Å². The number of aliphatic carboxylic acids is 1. The molecule has 0 rings (SSSR count). The molecule has 0 heterocycles. The number of hydrogen-bond acceptors (Lipinski definition) is 4. The molecular formula is C9H19N3O4. The molecule has 0 saturated heterocycles. The molecule has 0 aromatic carbocycles. The predicted octanol–water partition coefficient (Wildman–Crippen LogP) is -0.922. The maximum Gasteiger partial charge on any atom is 0.323 e. The van der Waals surface area contributed by atoms with Gasteiger partial charge in [0.1, 0.15) is 6.54 Å². The predicted molar refractivity (Wildman–Crippen MR) is 58.2 cm³/mol. The number of nitrogens with two attached hydrogens (primary N) is 1. The molecule has 7 nitrogen and oxygen atoms in total. The van der Waals surface area contributed by atoms with E-state index in [0.717, 1.165) is 0 Å². The zero-order valence-electron chi connectivity index (χ0n) is 9.44. The summed E-state index contributed by atoms with van der Waals surface area (Å²) in [6, 6.07) is -0.409. The molecule has 94 valence electrons. The number of amides is 2. The minimum atomic E-state index is -1.05. The molecule has 0 fully saturated rings. The first-order chi connectivity index (χ1) is 7.61. The molecule has 0 bridgehead atoms. The highest BCUT2D eigenvalue weighted by atomic mass is 16.5. The molecule has 7 heteroatoms. The lowest BCUT2D eigenvalue weighted by Crippen LogP contribution is -2.44. The van der Waals surface area contributed by atoms with Gasteiger partial charge in [-0.3, -0.25) is 4.79 Å². The van der Waals surface area contributed by atoms with Crippen LogP contribution in [0.25, 0.3) is 0 Å². The zero-order valence-corrected chi connectivity index (χ0v) is 9.44. The van der Waals surface area contributed by atoms with E-state index >= 15 is 0 Å². The Morgan fingerprint density at radius 3 is 2.69 bits per heavy atom. The Hall–Kier alpha value is -1.34. The van der Waals surface area contributed by atoms with Gasteiger partial charge in [-0.2, -0.15) is 0 Å². The van der Waals surface area contributed by atoms with Gasteiger partial charge in [0, 0.05) is 20.2 Å². The number of nitrogens with zero attached hydrogens (tertiary/aromatic N) is 1. The second-order valence-electron chi connectivity index (χ2n) is 3.18. The SMILES string of the molecule is COCCN(CC(=O)O)C(=O)NCCCN. The van der Waals surface area contributed by atoms with Crippen molar-refractivity contribution in [1.29, 1.82) is 0 Å². The second-order valence-corrected chi connectivity index (χ2v) is 3.18. The normalized spacial score (nSPS) is 9.88. The third-order valence-corrected chi connectivity index (χ3v) is 1.84. The molecule has 0 atom stereocenters. The first-order valence-electron chi connectivity index (χ1n) is 5.05. The highest BCUT2D eigenvalue weighted by Gasteiger charge is 2.15. The zero-order chi connectivity index (χ0) is 12.4. The summed E-state index contributed by atoms with van der Waals surface area (Å²) in [6.45, 7) is 1.14. The summed E-state index contributed by atoms with van der Waals surface area (Å²) in [5, 5.41) is 11.2. The third kappa shape index (κ3) is 7.02. The number of methoxy groups -OCH3 is 1. The summed E-state index contributed by atoms with van der Waals surface area (Å²) in [4.78, 5) is 23.2. The Labute approximate surface area is 94.5 Å². The van der Waals surface area contributed by atoms with E-state index in [1.165, 1.54) is 12.0 Å². The molecule has 0 aliphatic carbocycles. The van der Waals surface area contributed by atoms with Gasteiger partial charge in [-0.25, -0.2) is 4.79 Å². The van der Waals surface area contributed by atoms with Crippen molar-refractivity contribution in [2.75, 3.05) is 39.9 Å². The number of nitrogens with one attached hydrogen (secondary N) is 1. The van der Waals surface area contributed by atoms with Crippen molar-refractivity contribution in [3.05, 3.63) is 0 Å². The maximum absolute atomic E-state index is 11.5. The smallest absolute Gasteiger partial charge is 0.323 e. The summed E-state index contributed by atoms with van der Waals surface area (Å²) < 4.78 is 4.80. The largest absolute Gasteiger partial charge is 0.480 e. The fraction of sp³-hybridized carbons (Fsp3) is 0.778. The van der Waals surface area contributed by atoms with Gasteiger partial charge in [-0.1, -0.05) is 0 Å². The molecule has 0 aromatic rings. The van der Waals surface area contributed by atoms with Gasteiger partial charge >= 0.3 is 12.0 Å². The van der Waals surface area contributed by atoms with Gasteiger partial charge in [-0.05, 0) is 13.0 Å². The summed E-state index contributed by atoms with van der Waals surface area (Å²) in [6.07, 6.45) is 0.664. The lowest BCUT2D eigenvalue weighted by molar-refractivity contribution is -0.137. The van der Waals surface area contributed by atoms with Crippen LogP contribution in [0, 0.1) is 0 Å². The van der Waals surface area contributed by atoms with Crippen LogP contribution in [0.5, 0.6) is 0 Å². The van der Waals surface area contributed by atoms with E-state index in [1.807, 2.05) is 0 Å². The molecule has 0 aliphatic rings. The first-order valence-corrected chi connectivity index (χ1v) is 5.05. The standard InChI is InChI=1S/C9H19N3O4/c1-16-6-5-12(7-8(13)14)9(15)11-4-2-3-10/h2-7,10H2,1H3,(H,11,15)(H,13,14). The molecule has 16 heavy (non-hydrogen) atoms. The van der Waals surface area contributed by atoms with Crippen LogP contribution >= 0.6 is 0 Å². The van der Waals surface area contributed by atoms with Gasteiger partial charge in [0.25, 0.3) is 0 Å². The molecule has 0 aromatic heterocycles. The van der Waals surface area contributed by atoms with Gasteiger partial charge < -0.3 is 25.8 Å². The lowest BCUT2D eigenvalue weighted by atomic mass is 10.4. The van der Waals surface area contributed by atoms with E-state index < -0.39 is 12.0 Å². The van der Waals surface area contributed by atoms with Crippen LogP contribution in [-0.4, -0.2) is 61.9 Å². The molecule has 0 spiro atoms. The van der Waals surface area contributed by atoms with E-state index in [2.05, 4.69) is 5.32 Å². The Morgan fingerprint density at radius 2 is 2.19 bits per heavy atom. The Balaban J connectivity index is 4.04. The first kappa shape index (κ1) is 14.7. The Kier molecular flexibility index (Phi) is 8.18. The number of carbonyl (C=O) groups excluding carboxylic acids is 1. The maximum atomic E-state index is 11.5. The van der Waals surface area contributed by atoms with Crippen molar-refractivity contribution in [2.24, 2.45) is 5.73 Å². The summed E-state index contributed by atoms with van der Waals surface area (Å²) in [7, 11) is 1.49. The van der Waals surface area contributed by atoms with E-state index in [9.17, 15) is 9.59 Å². The summed E-state index contributed by atoms with van der Waals surface area (Å²) in [5.41, 5.74) is 5.27. The molecule has 0 saturated carbocycles. The quantitative estimate of drug-likeness (QED) is 0.470. The second kappa shape index (κ2) is 8.93. The van der Waals surface area contributed by atoms with Crippen LogP contribution < -0.4 is 11.1 Å². The minimum Gasteiger partial charge on any atom is -0.480 e. The number of ether oxygens (including phenoxy) is 1.